The summed E-state index contributed by atoms with van der Waals surface area (Å²) in [4.78, 5) is 2.22. The Bertz CT molecular complexity index is 897. The second-order valence-electron chi connectivity index (χ2n) is 7.35. The van der Waals surface area contributed by atoms with Crippen molar-refractivity contribution in [2.75, 3.05) is 26.7 Å². The number of likely N-dealkylation sites (tertiary alicyclic amines) is 1. The molecule has 1 aliphatic heterocycles. The fourth-order valence-corrected chi connectivity index (χ4v) is 4.18. The molecule has 0 radical (unpaired) electrons. The number of rotatable bonds is 5. The van der Waals surface area contributed by atoms with Gasteiger partial charge in [-0.2, -0.15) is 0 Å². The minimum Gasteiger partial charge on any atom is -0.390 e. The number of methoxy groups -OCH3 is 1. The highest BCUT2D eigenvalue weighted by Gasteiger charge is 2.22. The van der Waals surface area contributed by atoms with E-state index in [1.807, 2.05) is 4.57 Å². The highest BCUT2D eigenvalue weighted by Crippen LogP contribution is 2.30. The topological polar surface area (TPSA) is 37.6 Å². The summed E-state index contributed by atoms with van der Waals surface area (Å²) in [6, 6.07) is 9.03. The van der Waals surface area contributed by atoms with Crippen LogP contribution in [0.5, 0.6) is 0 Å². The number of benzene rings is 2. The highest BCUT2D eigenvalue weighted by atomic mass is 19.1. The van der Waals surface area contributed by atoms with Crippen LogP contribution < -0.4 is 0 Å². The molecule has 1 N–H and O–H groups in total. The molecule has 0 aliphatic carbocycles. The van der Waals surface area contributed by atoms with Crippen molar-refractivity contribution >= 4 is 21.8 Å². The third-order valence-electron chi connectivity index (χ3n) is 5.45. The van der Waals surface area contributed by atoms with Crippen LogP contribution in [0.1, 0.15) is 12.8 Å². The lowest BCUT2D eigenvalue weighted by atomic mass is 10.1. The number of piperidine rings is 1. The monoisotopic (exact) mass is 374 g/mol. The van der Waals surface area contributed by atoms with E-state index in [-0.39, 0.29) is 17.7 Å². The van der Waals surface area contributed by atoms with Crippen LogP contribution in [0, 0.1) is 11.6 Å². The molecule has 1 fully saturated rings. The molecule has 2 heterocycles. The minimum absolute atomic E-state index is 0.213. The second kappa shape index (κ2) is 7.54. The van der Waals surface area contributed by atoms with Crippen LogP contribution in [0.2, 0.25) is 0 Å². The molecule has 2 atom stereocenters. The molecule has 2 unspecified atom stereocenters. The molecule has 144 valence electrons. The van der Waals surface area contributed by atoms with E-state index >= 15 is 0 Å². The molecule has 27 heavy (non-hydrogen) atoms. The first kappa shape index (κ1) is 18.3. The maximum Gasteiger partial charge on any atom is 0.123 e. The number of aliphatic hydroxyl groups is 1. The van der Waals surface area contributed by atoms with Gasteiger partial charge in [0.1, 0.15) is 11.6 Å². The van der Waals surface area contributed by atoms with Crippen LogP contribution in [-0.2, 0) is 11.3 Å². The summed E-state index contributed by atoms with van der Waals surface area (Å²) in [5.41, 5.74) is 1.59. The Kier molecular flexibility index (Phi) is 5.12. The van der Waals surface area contributed by atoms with Gasteiger partial charge >= 0.3 is 0 Å². The summed E-state index contributed by atoms with van der Waals surface area (Å²) in [6.45, 7) is 2.67. The van der Waals surface area contributed by atoms with Gasteiger partial charge in [0.05, 0.1) is 18.8 Å². The number of aliphatic hydroxyl groups excluding tert-OH is 1. The number of hydrogen-bond acceptors (Lipinski definition) is 3. The third-order valence-corrected chi connectivity index (χ3v) is 5.45. The normalized spacial score (nSPS) is 19.8. The molecule has 0 spiro atoms. The number of aromatic nitrogens is 1. The van der Waals surface area contributed by atoms with E-state index < -0.39 is 6.10 Å². The Morgan fingerprint density at radius 1 is 1.07 bits per heavy atom. The van der Waals surface area contributed by atoms with Crippen molar-refractivity contribution in [2.45, 2.75) is 31.6 Å². The van der Waals surface area contributed by atoms with Gasteiger partial charge in [0.15, 0.2) is 0 Å². The molecular formula is C21H24F2N2O2. The lowest BCUT2D eigenvalue weighted by molar-refractivity contribution is 0.0108. The van der Waals surface area contributed by atoms with Gasteiger partial charge in [0.25, 0.3) is 0 Å². The smallest absolute Gasteiger partial charge is 0.123 e. The van der Waals surface area contributed by atoms with Crippen molar-refractivity contribution < 1.29 is 18.6 Å². The maximum atomic E-state index is 13.7. The zero-order valence-electron chi connectivity index (χ0n) is 15.4. The van der Waals surface area contributed by atoms with Gasteiger partial charge in [0.2, 0.25) is 0 Å². The first-order valence-corrected chi connectivity index (χ1v) is 9.35. The Morgan fingerprint density at radius 2 is 1.70 bits per heavy atom. The van der Waals surface area contributed by atoms with E-state index in [4.69, 9.17) is 4.74 Å². The highest BCUT2D eigenvalue weighted by molar-refractivity contribution is 6.08. The molecule has 0 saturated carbocycles. The summed E-state index contributed by atoms with van der Waals surface area (Å²) in [5, 5.41) is 12.0. The molecule has 0 amide bonds. The van der Waals surface area contributed by atoms with E-state index in [1.54, 1.807) is 19.2 Å². The molecular weight excluding hydrogens is 350 g/mol. The first-order chi connectivity index (χ1) is 13.0. The Hall–Kier alpha value is -2.02. The summed E-state index contributed by atoms with van der Waals surface area (Å²) in [6.07, 6.45) is 1.73. The fourth-order valence-electron chi connectivity index (χ4n) is 4.18. The van der Waals surface area contributed by atoms with Crippen LogP contribution in [0.15, 0.2) is 36.4 Å². The molecule has 2 aromatic carbocycles. The second-order valence-corrected chi connectivity index (χ2v) is 7.35. The number of hydrogen-bond donors (Lipinski definition) is 1. The van der Waals surface area contributed by atoms with Crippen LogP contribution in [-0.4, -0.2) is 53.5 Å². The number of nitrogens with zero attached hydrogens (tertiary/aromatic N) is 2. The van der Waals surface area contributed by atoms with Crippen molar-refractivity contribution in [1.29, 1.82) is 0 Å². The van der Waals surface area contributed by atoms with Crippen LogP contribution in [0.25, 0.3) is 21.8 Å². The molecule has 3 aromatic rings. The van der Waals surface area contributed by atoms with Gasteiger partial charge in [-0.1, -0.05) is 0 Å². The van der Waals surface area contributed by atoms with E-state index in [2.05, 4.69) is 4.90 Å². The van der Waals surface area contributed by atoms with Crippen LogP contribution in [0.4, 0.5) is 8.78 Å². The molecule has 1 aliphatic rings. The van der Waals surface area contributed by atoms with Gasteiger partial charge < -0.3 is 14.4 Å². The van der Waals surface area contributed by atoms with Crippen molar-refractivity contribution in [3.8, 4) is 0 Å². The predicted molar refractivity (Wildman–Crippen MR) is 102 cm³/mol. The van der Waals surface area contributed by atoms with Crippen molar-refractivity contribution in [3.63, 3.8) is 0 Å². The largest absolute Gasteiger partial charge is 0.390 e. The SMILES string of the molecule is COC1CCCN(CC(O)Cn2c3ccc(F)cc3c3cc(F)ccc32)C1. The number of ether oxygens (including phenoxy) is 1. The number of β-amino-alcohol motifs (C(OH)–C–C–N with tert-alkyl or cyclic N) is 1. The molecule has 4 rings (SSSR count). The maximum absolute atomic E-state index is 13.7. The van der Waals surface area contributed by atoms with Gasteiger partial charge in [-0.05, 0) is 55.8 Å². The summed E-state index contributed by atoms with van der Waals surface area (Å²) < 4.78 is 34.9. The standard InChI is InChI=1S/C21H24F2N2O2/c1-27-17-3-2-8-24(13-17)11-16(26)12-25-20-6-4-14(22)9-18(20)19-10-15(23)5-7-21(19)25/h4-7,9-10,16-17,26H,2-3,8,11-13H2,1H3. The Morgan fingerprint density at radius 3 is 2.30 bits per heavy atom. The van der Waals surface area contributed by atoms with Crippen LogP contribution >= 0.6 is 0 Å². The average molecular weight is 374 g/mol. The number of fused-ring (bicyclic) bond motifs is 3. The zero-order chi connectivity index (χ0) is 19.0. The van der Waals surface area contributed by atoms with E-state index in [0.29, 0.717) is 23.9 Å². The Labute approximate surface area is 156 Å². The molecule has 0 bridgehead atoms. The first-order valence-electron chi connectivity index (χ1n) is 9.35. The van der Waals surface area contributed by atoms with E-state index in [0.717, 1.165) is 37.0 Å². The quantitative estimate of drug-likeness (QED) is 0.742. The predicted octanol–water partition coefficient (Wildman–Crippen LogP) is 3.54. The van der Waals surface area contributed by atoms with Crippen LogP contribution in [0.3, 0.4) is 0 Å². The fraction of sp³-hybridized carbons (Fsp3) is 0.429. The Balaban J connectivity index is 1.62. The lowest BCUT2D eigenvalue weighted by Gasteiger charge is -2.33. The summed E-state index contributed by atoms with van der Waals surface area (Å²) >= 11 is 0. The van der Waals surface area contributed by atoms with Gasteiger partial charge in [0, 0.05) is 42.0 Å². The van der Waals surface area contributed by atoms with E-state index in [9.17, 15) is 13.9 Å². The average Bonchev–Trinajstić information content (AvgIpc) is 2.94. The molecule has 1 saturated heterocycles. The summed E-state index contributed by atoms with van der Waals surface area (Å²) in [5.74, 6) is -0.712. The van der Waals surface area contributed by atoms with Crippen molar-refractivity contribution in [3.05, 3.63) is 48.0 Å². The van der Waals surface area contributed by atoms with Gasteiger partial charge in [-0.15, -0.1) is 0 Å². The molecule has 1 aromatic heterocycles. The lowest BCUT2D eigenvalue weighted by Crippen LogP contribution is -2.43. The molecule has 6 heteroatoms. The number of halogens is 2. The minimum atomic E-state index is -0.588. The summed E-state index contributed by atoms with van der Waals surface area (Å²) in [7, 11) is 1.72. The van der Waals surface area contributed by atoms with Crippen molar-refractivity contribution in [2.24, 2.45) is 0 Å². The third kappa shape index (κ3) is 3.70. The van der Waals surface area contributed by atoms with Crippen molar-refractivity contribution in [1.82, 2.24) is 9.47 Å². The molecule has 4 nitrogen and oxygen atoms in total. The van der Waals surface area contributed by atoms with Gasteiger partial charge in [-0.3, -0.25) is 4.90 Å². The zero-order valence-corrected chi connectivity index (χ0v) is 15.4. The van der Waals surface area contributed by atoms with E-state index in [1.165, 1.54) is 24.3 Å². The van der Waals surface area contributed by atoms with Gasteiger partial charge in [-0.25, -0.2) is 8.78 Å².